The van der Waals surface area contributed by atoms with Crippen LogP contribution in [0.4, 0.5) is 0 Å². The fourth-order valence-corrected chi connectivity index (χ4v) is 4.67. The average molecular weight is 445 g/mol. The number of carbonyl (C=O) groups excluding carboxylic acids is 2. The predicted molar refractivity (Wildman–Crippen MR) is 120 cm³/mol. The number of amides is 2. The van der Waals surface area contributed by atoms with E-state index in [-0.39, 0.29) is 24.8 Å². The quantitative estimate of drug-likeness (QED) is 0.610. The van der Waals surface area contributed by atoms with Crippen LogP contribution in [0.15, 0.2) is 18.3 Å². The fraction of sp³-hybridized carbons (Fsp3) is 0.739. The molecule has 2 fully saturated rings. The molecule has 2 unspecified atom stereocenters. The molecule has 32 heavy (non-hydrogen) atoms. The molecule has 0 radical (unpaired) electrons. The fourth-order valence-electron chi connectivity index (χ4n) is 4.67. The molecule has 2 N–H and O–H groups in total. The van der Waals surface area contributed by atoms with Crippen LogP contribution in [0.1, 0.15) is 64.1 Å². The van der Waals surface area contributed by atoms with Crippen molar-refractivity contribution in [1.82, 2.24) is 30.1 Å². The van der Waals surface area contributed by atoms with E-state index >= 15 is 0 Å². The zero-order chi connectivity index (χ0) is 22.9. The highest BCUT2D eigenvalue weighted by Crippen LogP contribution is 2.40. The van der Waals surface area contributed by atoms with Crippen LogP contribution in [0.5, 0.6) is 0 Å². The summed E-state index contributed by atoms with van der Waals surface area (Å²) in [5.41, 5.74) is 0.498. The van der Waals surface area contributed by atoms with E-state index in [0.717, 1.165) is 44.6 Å². The first-order chi connectivity index (χ1) is 15.2. The predicted octanol–water partition coefficient (Wildman–Crippen LogP) is 1.08. The molecule has 9 heteroatoms. The Bertz CT molecular complexity index is 856. The number of aliphatic hydroxyl groups is 1. The lowest BCUT2D eigenvalue weighted by Gasteiger charge is -2.34. The van der Waals surface area contributed by atoms with Crippen LogP contribution < -0.4 is 5.32 Å². The number of nitrogens with zero attached hydrogens (tertiary/aromatic N) is 5. The van der Waals surface area contributed by atoms with Crippen molar-refractivity contribution in [2.24, 2.45) is 5.41 Å². The summed E-state index contributed by atoms with van der Waals surface area (Å²) in [7, 11) is 0. The molecule has 1 aromatic heterocycles. The van der Waals surface area contributed by atoms with Crippen molar-refractivity contribution in [2.75, 3.05) is 32.7 Å². The summed E-state index contributed by atoms with van der Waals surface area (Å²) < 4.78 is 1.65. The van der Waals surface area contributed by atoms with Gasteiger partial charge in [0.05, 0.1) is 11.8 Å². The number of carbonyl (C=O) groups is 2. The Labute approximate surface area is 189 Å². The van der Waals surface area contributed by atoms with Crippen LogP contribution in [0.3, 0.4) is 0 Å². The van der Waals surface area contributed by atoms with Crippen molar-refractivity contribution in [3.8, 4) is 0 Å². The Kier molecular flexibility index (Phi) is 6.67. The molecule has 4 rings (SSSR count). The third-order valence-electron chi connectivity index (χ3n) is 6.58. The van der Waals surface area contributed by atoms with Gasteiger partial charge in [-0.25, -0.2) is 4.68 Å². The molecule has 0 spiro atoms. The second kappa shape index (κ2) is 9.31. The van der Waals surface area contributed by atoms with Gasteiger partial charge in [-0.15, -0.1) is 5.10 Å². The monoisotopic (exact) mass is 444 g/mol. The van der Waals surface area contributed by atoms with Crippen LogP contribution >= 0.6 is 0 Å². The Hall–Kier alpha value is -2.26. The normalized spacial score (nSPS) is 25.2. The first-order valence-electron chi connectivity index (χ1n) is 11.8. The van der Waals surface area contributed by atoms with Crippen molar-refractivity contribution in [3.05, 3.63) is 24.0 Å². The molecule has 1 saturated heterocycles. The number of rotatable bonds is 7. The van der Waals surface area contributed by atoms with Gasteiger partial charge >= 0.3 is 0 Å². The average Bonchev–Trinajstić information content (AvgIpc) is 3.35. The number of aliphatic hydroxyl groups excluding tert-OH is 1. The SMILES string of the molecule is CC(C)(C)[C@@H](C(=O)N1CC(O)CC1C(=O)NCCN1CC=CCC1)n1cc(C2CC2)nn1. The van der Waals surface area contributed by atoms with E-state index in [9.17, 15) is 14.7 Å². The highest BCUT2D eigenvalue weighted by Gasteiger charge is 2.45. The van der Waals surface area contributed by atoms with E-state index < -0.39 is 23.6 Å². The second-order valence-electron chi connectivity index (χ2n) is 10.4. The number of aromatic nitrogens is 3. The van der Waals surface area contributed by atoms with E-state index in [0.29, 0.717) is 12.5 Å². The largest absolute Gasteiger partial charge is 0.391 e. The topological polar surface area (TPSA) is 104 Å². The van der Waals surface area contributed by atoms with Crippen molar-refractivity contribution in [3.63, 3.8) is 0 Å². The van der Waals surface area contributed by atoms with Gasteiger partial charge in [0.25, 0.3) is 0 Å². The molecule has 3 aliphatic rings. The van der Waals surface area contributed by atoms with Crippen LogP contribution in [-0.2, 0) is 9.59 Å². The van der Waals surface area contributed by atoms with Gasteiger partial charge in [-0.3, -0.25) is 14.5 Å². The van der Waals surface area contributed by atoms with Crippen molar-refractivity contribution in [1.29, 1.82) is 0 Å². The minimum atomic E-state index is -0.708. The van der Waals surface area contributed by atoms with Gasteiger partial charge in [-0.1, -0.05) is 38.1 Å². The zero-order valence-electron chi connectivity index (χ0n) is 19.4. The van der Waals surface area contributed by atoms with E-state index in [1.807, 2.05) is 27.0 Å². The Balaban J connectivity index is 1.44. The molecule has 2 aliphatic heterocycles. The van der Waals surface area contributed by atoms with Gasteiger partial charge < -0.3 is 15.3 Å². The standard InChI is InChI=1S/C23H36N6O3/c1-23(2,3)20(29-15-18(25-26-29)16-7-8-16)22(32)28-14-17(30)13-19(28)21(31)24-9-12-27-10-5-4-6-11-27/h4-5,15-17,19-20,30H,6-14H2,1-3H3,(H,24,31)/t17?,19?,20-/m1/s1. The number of nitrogens with one attached hydrogen (secondary N) is 1. The van der Waals surface area contributed by atoms with E-state index in [1.54, 1.807) is 4.68 Å². The van der Waals surface area contributed by atoms with Gasteiger partial charge in [0.2, 0.25) is 11.8 Å². The van der Waals surface area contributed by atoms with Crippen LogP contribution in [0.25, 0.3) is 0 Å². The first-order valence-corrected chi connectivity index (χ1v) is 11.8. The summed E-state index contributed by atoms with van der Waals surface area (Å²) in [4.78, 5) is 30.5. The third-order valence-corrected chi connectivity index (χ3v) is 6.58. The lowest BCUT2D eigenvalue weighted by Crippen LogP contribution is -2.51. The lowest BCUT2D eigenvalue weighted by molar-refractivity contribution is -0.144. The molecular weight excluding hydrogens is 408 g/mol. The minimum Gasteiger partial charge on any atom is -0.391 e. The molecule has 9 nitrogen and oxygen atoms in total. The van der Waals surface area contributed by atoms with Gasteiger partial charge in [0.1, 0.15) is 12.1 Å². The van der Waals surface area contributed by atoms with E-state index in [2.05, 4.69) is 32.7 Å². The molecule has 1 aromatic rings. The summed E-state index contributed by atoms with van der Waals surface area (Å²) >= 11 is 0. The Morgan fingerprint density at radius 3 is 2.72 bits per heavy atom. The summed E-state index contributed by atoms with van der Waals surface area (Å²) in [5, 5.41) is 21.8. The number of β-amino-alcohol motifs (C(OH)–C–C–N with tert-alkyl or cyclic N) is 1. The van der Waals surface area contributed by atoms with Crippen molar-refractivity contribution < 1.29 is 14.7 Å². The maximum Gasteiger partial charge on any atom is 0.248 e. The molecule has 2 amide bonds. The van der Waals surface area contributed by atoms with E-state index in [1.165, 1.54) is 4.90 Å². The van der Waals surface area contributed by atoms with Gasteiger partial charge in [0.15, 0.2) is 0 Å². The number of likely N-dealkylation sites (tertiary alicyclic amines) is 1. The smallest absolute Gasteiger partial charge is 0.248 e. The highest BCUT2D eigenvalue weighted by molar-refractivity contribution is 5.90. The van der Waals surface area contributed by atoms with Crippen LogP contribution in [0.2, 0.25) is 0 Å². The summed E-state index contributed by atoms with van der Waals surface area (Å²) in [6.45, 7) is 9.31. The Morgan fingerprint density at radius 1 is 1.28 bits per heavy atom. The third kappa shape index (κ3) is 5.20. The molecule has 176 valence electrons. The first kappa shape index (κ1) is 22.9. The van der Waals surface area contributed by atoms with Gasteiger partial charge in [0, 0.05) is 51.3 Å². The maximum absolute atomic E-state index is 13.7. The lowest BCUT2D eigenvalue weighted by atomic mass is 9.85. The summed E-state index contributed by atoms with van der Waals surface area (Å²) in [5.74, 6) is 0.0528. The molecule has 3 atom stereocenters. The zero-order valence-corrected chi connectivity index (χ0v) is 19.4. The molecule has 0 bridgehead atoms. The van der Waals surface area contributed by atoms with Gasteiger partial charge in [-0.05, 0) is 24.7 Å². The van der Waals surface area contributed by atoms with Gasteiger partial charge in [-0.2, -0.15) is 0 Å². The van der Waals surface area contributed by atoms with Crippen molar-refractivity contribution >= 4 is 11.8 Å². The summed E-state index contributed by atoms with van der Waals surface area (Å²) in [6.07, 6.45) is 9.00. The van der Waals surface area contributed by atoms with E-state index in [4.69, 9.17) is 0 Å². The minimum absolute atomic E-state index is 0.157. The summed E-state index contributed by atoms with van der Waals surface area (Å²) in [6, 6.07) is -1.27. The van der Waals surface area contributed by atoms with Crippen LogP contribution in [-0.4, -0.2) is 86.6 Å². The Morgan fingerprint density at radius 2 is 2.06 bits per heavy atom. The molecule has 1 aliphatic carbocycles. The molecular formula is C23H36N6O3. The molecule has 3 heterocycles. The molecule has 1 saturated carbocycles. The number of hydrogen-bond donors (Lipinski definition) is 2. The van der Waals surface area contributed by atoms with Crippen molar-refractivity contribution in [2.45, 2.75) is 70.6 Å². The van der Waals surface area contributed by atoms with Crippen LogP contribution in [0, 0.1) is 5.41 Å². The highest BCUT2D eigenvalue weighted by atomic mass is 16.3. The maximum atomic E-state index is 13.7. The second-order valence-corrected chi connectivity index (χ2v) is 10.4. The number of hydrogen-bond acceptors (Lipinski definition) is 6. The molecule has 0 aromatic carbocycles.